The van der Waals surface area contributed by atoms with Crippen LogP contribution in [0.15, 0.2) is 41.5 Å². The number of hydrazone groups is 1. The second kappa shape index (κ2) is 6.68. The number of hydrogen-bond donors (Lipinski definition) is 3. The first-order valence-corrected chi connectivity index (χ1v) is 6.96. The molecule has 1 amide bonds. The Morgan fingerprint density at radius 2 is 1.77 bits per heavy atom. The molecule has 5 nitrogen and oxygen atoms in total. The van der Waals surface area contributed by atoms with Gasteiger partial charge in [-0.25, -0.2) is 5.43 Å². The summed E-state index contributed by atoms with van der Waals surface area (Å²) in [5.41, 5.74) is 3.35. The van der Waals surface area contributed by atoms with Gasteiger partial charge in [-0.2, -0.15) is 5.10 Å². The largest absolute Gasteiger partial charge is 0.508 e. The van der Waals surface area contributed by atoms with E-state index in [0.717, 1.165) is 0 Å². The molecule has 2 aromatic carbocycles. The summed E-state index contributed by atoms with van der Waals surface area (Å²) < 4.78 is 0. The molecule has 0 fully saturated rings. The molecule has 2 aromatic rings. The van der Waals surface area contributed by atoms with Crippen LogP contribution in [0.3, 0.4) is 0 Å². The smallest absolute Gasteiger partial charge is 0.271 e. The molecule has 0 radical (unpaired) electrons. The van der Waals surface area contributed by atoms with Gasteiger partial charge in [-0.15, -0.1) is 0 Å². The molecule has 0 aromatic heterocycles. The van der Waals surface area contributed by atoms with Crippen molar-refractivity contribution in [3.63, 3.8) is 0 Å². The molecule has 0 aliphatic heterocycles. The molecule has 3 N–H and O–H groups in total. The predicted molar refractivity (Wildman–Crippen MR) is 85.9 cm³/mol. The van der Waals surface area contributed by atoms with Gasteiger partial charge in [0.05, 0.1) is 10.7 Å². The zero-order valence-corrected chi connectivity index (χ0v) is 13.0. The molecule has 114 valence electrons. The van der Waals surface area contributed by atoms with Gasteiger partial charge in [0.2, 0.25) is 0 Å². The molecule has 22 heavy (non-hydrogen) atoms. The Kier molecular flexibility index (Phi) is 4.90. The van der Waals surface area contributed by atoms with Crippen molar-refractivity contribution in [2.75, 3.05) is 0 Å². The number of hydrogen-bond acceptors (Lipinski definition) is 4. The third kappa shape index (κ3) is 3.69. The first-order valence-electron chi connectivity index (χ1n) is 6.20. The van der Waals surface area contributed by atoms with Gasteiger partial charge in [0, 0.05) is 16.1 Å². The van der Waals surface area contributed by atoms with Crippen LogP contribution in [0, 0.1) is 0 Å². The lowest BCUT2D eigenvalue weighted by molar-refractivity contribution is 0.0955. The van der Waals surface area contributed by atoms with Crippen LogP contribution in [0.4, 0.5) is 0 Å². The number of aromatic hydroxyl groups is 2. The molecule has 0 aliphatic rings. The summed E-state index contributed by atoms with van der Waals surface area (Å²) in [4.78, 5) is 11.9. The quantitative estimate of drug-likeness (QED) is 0.591. The Hall–Kier alpha value is -2.24. The van der Waals surface area contributed by atoms with Gasteiger partial charge in [-0.1, -0.05) is 23.2 Å². The summed E-state index contributed by atoms with van der Waals surface area (Å²) in [5.74, 6) is -0.548. The van der Waals surface area contributed by atoms with Crippen molar-refractivity contribution in [1.82, 2.24) is 5.43 Å². The zero-order chi connectivity index (χ0) is 16.3. The first-order chi connectivity index (χ1) is 10.4. The molecular weight excluding hydrogens is 327 g/mol. The van der Waals surface area contributed by atoms with Gasteiger partial charge in [-0.05, 0) is 43.3 Å². The van der Waals surface area contributed by atoms with Crippen molar-refractivity contribution < 1.29 is 15.0 Å². The van der Waals surface area contributed by atoms with E-state index >= 15 is 0 Å². The number of phenolic OH excluding ortho intramolecular Hbond substituents is 2. The Morgan fingerprint density at radius 1 is 1.14 bits per heavy atom. The second-order valence-electron chi connectivity index (χ2n) is 4.47. The summed E-state index contributed by atoms with van der Waals surface area (Å²) in [5, 5.41) is 23.4. The Morgan fingerprint density at radius 3 is 2.41 bits per heavy atom. The molecule has 0 heterocycles. The van der Waals surface area contributed by atoms with Crippen molar-refractivity contribution in [2.45, 2.75) is 6.92 Å². The van der Waals surface area contributed by atoms with Crippen molar-refractivity contribution in [3.05, 3.63) is 57.6 Å². The Labute approximate surface area is 136 Å². The highest BCUT2D eigenvalue weighted by molar-refractivity contribution is 6.36. The predicted octanol–water partition coefficient (Wildman–Crippen LogP) is 3.56. The number of carbonyl (C=O) groups is 1. The summed E-state index contributed by atoms with van der Waals surface area (Å²) >= 11 is 11.7. The molecule has 7 heteroatoms. The van der Waals surface area contributed by atoms with Gasteiger partial charge >= 0.3 is 0 Å². The minimum atomic E-state index is -0.452. The first kappa shape index (κ1) is 16.1. The van der Waals surface area contributed by atoms with E-state index in [2.05, 4.69) is 10.5 Å². The number of nitrogens with one attached hydrogen (secondary N) is 1. The van der Waals surface area contributed by atoms with Gasteiger partial charge < -0.3 is 10.2 Å². The summed E-state index contributed by atoms with van der Waals surface area (Å²) in [6.07, 6.45) is 0. The van der Waals surface area contributed by atoms with E-state index in [-0.39, 0.29) is 16.5 Å². The van der Waals surface area contributed by atoms with E-state index in [1.165, 1.54) is 36.4 Å². The fourth-order valence-electron chi connectivity index (χ4n) is 1.71. The summed E-state index contributed by atoms with van der Waals surface area (Å²) in [6, 6.07) is 8.62. The fourth-order valence-corrected chi connectivity index (χ4v) is 2.21. The molecule has 2 rings (SSSR count). The van der Waals surface area contributed by atoms with Crippen LogP contribution in [0.5, 0.6) is 11.5 Å². The number of amides is 1. The fraction of sp³-hybridized carbons (Fsp3) is 0.0667. The van der Waals surface area contributed by atoms with E-state index in [1.54, 1.807) is 6.92 Å². The lowest BCUT2D eigenvalue weighted by Gasteiger charge is -2.07. The van der Waals surface area contributed by atoms with Crippen molar-refractivity contribution in [1.29, 1.82) is 0 Å². The van der Waals surface area contributed by atoms with E-state index in [4.69, 9.17) is 23.2 Å². The van der Waals surface area contributed by atoms with Gasteiger partial charge in [-0.3, -0.25) is 4.79 Å². The third-order valence-electron chi connectivity index (χ3n) is 2.87. The number of halogens is 2. The van der Waals surface area contributed by atoms with E-state index < -0.39 is 5.91 Å². The van der Waals surface area contributed by atoms with E-state index in [1.807, 2.05) is 0 Å². The average Bonchev–Trinajstić information content (AvgIpc) is 2.48. The second-order valence-corrected chi connectivity index (χ2v) is 5.31. The zero-order valence-electron chi connectivity index (χ0n) is 11.5. The molecule has 0 bridgehead atoms. The third-order valence-corrected chi connectivity index (χ3v) is 3.38. The minimum absolute atomic E-state index is 0.0646. The monoisotopic (exact) mass is 338 g/mol. The van der Waals surface area contributed by atoms with Crippen LogP contribution < -0.4 is 5.43 Å². The normalized spacial score (nSPS) is 11.3. The van der Waals surface area contributed by atoms with Crippen LogP contribution in [0.25, 0.3) is 0 Å². The number of phenols is 2. The van der Waals surface area contributed by atoms with E-state index in [0.29, 0.717) is 21.9 Å². The van der Waals surface area contributed by atoms with Crippen LogP contribution in [-0.2, 0) is 0 Å². The van der Waals surface area contributed by atoms with Crippen LogP contribution in [0.1, 0.15) is 22.8 Å². The van der Waals surface area contributed by atoms with Gasteiger partial charge in [0.15, 0.2) is 0 Å². The van der Waals surface area contributed by atoms with Gasteiger partial charge in [0.25, 0.3) is 5.91 Å². The molecule has 0 unspecified atom stereocenters. The van der Waals surface area contributed by atoms with Crippen LogP contribution >= 0.6 is 23.2 Å². The number of rotatable bonds is 3. The topological polar surface area (TPSA) is 81.9 Å². The standard InChI is InChI=1S/C15H12Cl2N2O3/c1-8(12-6-10(16)7-13(17)14(12)21)18-19-15(22)9-2-4-11(20)5-3-9/h2-7,20-21H,1H3,(H,19,22). The maximum absolute atomic E-state index is 11.9. The van der Waals surface area contributed by atoms with Crippen LogP contribution in [-0.4, -0.2) is 21.8 Å². The molecule has 0 saturated carbocycles. The van der Waals surface area contributed by atoms with Crippen molar-refractivity contribution in [3.8, 4) is 11.5 Å². The lowest BCUT2D eigenvalue weighted by Crippen LogP contribution is -2.19. The van der Waals surface area contributed by atoms with Gasteiger partial charge in [0.1, 0.15) is 11.5 Å². The highest BCUT2D eigenvalue weighted by atomic mass is 35.5. The molecule has 0 aliphatic carbocycles. The Balaban J connectivity index is 2.19. The van der Waals surface area contributed by atoms with Crippen molar-refractivity contribution >= 4 is 34.8 Å². The highest BCUT2D eigenvalue weighted by Gasteiger charge is 2.11. The number of benzene rings is 2. The van der Waals surface area contributed by atoms with E-state index in [9.17, 15) is 15.0 Å². The summed E-state index contributed by atoms with van der Waals surface area (Å²) in [6.45, 7) is 1.60. The molecular formula is C15H12Cl2N2O3. The number of nitrogens with zero attached hydrogens (tertiary/aromatic N) is 1. The summed E-state index contributed by atoms with van der Waals surface area (Å²) in [7, 11) is 0. The highest BCUT2D eigenvalue weighted by Crippen LogP contribution is 2.31. The van der Waals surface area contributed by atoms with Crippen molar-refractivity contribution in [2.24, 2.45) is 5.10 Å². The van der Waals surface area contributed by atoms with Crippen LogP contribution in [0.2, 0.25) is 10.0 Å². The maximum atomic E-state index is 11.9. The SMILES string of the molecule is CC(=NNC(=O)c1ccc(O)cc1)c1cc(Cl)cc(Cl)c1O. The maximum Gasteiger partial charge on any atom is 0.271 e. The Bertz CT molecular complexity index is 743. The molecule has 0 spiro atoms. The molecule has 0 saturated heterocycles. The minimum Gasteiger partial charge on any atom is -0.508 e. The lowest BCUT2D eigenvalue weighted by atomic mass is 10.1. The molecule has 0 atom stereocenters. The number of carbonyl (C=O) groups excluding carboxylic acids is 1. The average molecular weight is 339 g/mol.